The molecule has 1 aliphatic heterocycles. The number of rotatable bonds is 7. The molecule has 28 heavy (non-hydrogen) atoms. The minimum absolute atomic E-state index is 0.0300. The number of carbonyl (C=O) groups is 1. The highest BCUT2D eigenvalue weighted by molar-refractivity contribution is 7.89. The van der Waals surface area contributed by atoms with Crippen molar-refractivity contribution in [3.05, 3.63) is 53.1 Å². The molecule has 0 radical (unpaired) electrons. The topological polar surface area (TPSA) is 93.7 Å². The molecule has 7 nitrogen and oxygen atoms in total. The maximum atomic E-state index is 12.3. The highest BCUT2D eigenvalue weighted by atomic mass is 32.2. The van der Waals surface area contributed by atoms with Crippen molar-refractivity contribution in [3.8, 4) is 11.5 Å². The minimum Gasteiger partial charge on any atom is -0.486 e. The lowest BCUT2D eigenvalue weighted by atomic mass is 10.1. The van der Waals surface area contributed by atoms with Crippen molar-refractivity contribution in [2.75, 3.05) is 19.8 Å². The molecule has 0 unspecified atom stereocenters. The van der Waals surface area contributed by atoms with Gasteiger partial charge in [-0.25, -0.2) is 13.1 Å². The molecular weight excluding hydrogens is 380 g/mol. The Labute approximate surface area is 165 Å². The molecule has 3 rings (SSSR count). The van der Waals surface area contributed by atoms with Crippen molar-refractivity contribution in [1.82, 2.24) is 10.0 Å². The van der Waals surface area contributed by atoms with Crippen LogP contribution < -0.4 is 19.5 Å². The summed E-state index contributed by atoms with van der Waals surface area (Å²) in [4.78, 5) is 12.2. The van der Waals surface area contributed by atoms with Gasteiger partial charge in [0.1, 0.15) is 13.2 Å². The monoisotopic (exact) mass is 404 g/mol. The maximum absolute atomic E-state index is 12.3. The second-order valence-electron chi connectivity index (χ2n) is 6.65. The van der Waals surface area contributed by atoms with E-state index in [1.807, 2.05) is 32.0 Å². The van der Waals surface area contributed by atoms with Crippen LogP contribution >= 0.6 is 0 Å². The fourth-order valence-corrected chi connectivity index (χ4v) is 3.87. The third kappa shape index (κ3) is 5.02. The van der Waals surface area contributed by atoms with Crippen molar-refractivity contribution in [2.45, 2.75) is 31.7 Å². The first kappa shape index (κ1) is 20.2. The van der Waals surface area contributed by atoms with Crippen molar-refractivity contribution in [2.24, 2.45) is 0 Å². The summed E-state index contributed by atoms with van der Waals surface area (Å²) in [6.45, 7) is 5.18. The predicted octanol–water partition coefficient (Wildman–Crippen LogP) is 2.06. The van der Waals surface area contributed by atoms with E-state index in [4.69, 9.17) is 9.47 Å². The largest absolute Gasteiger partial charge is 0.486 e. The van der Waals surface area contributed by atoms with E-state index in [0.717, 1.165) is 16.7 Å². The van der Waals surface area contributed by atoms with Gasteiger partial charge in [-0.1, -0.05) is 12.1 Å². The van der Waals surface area contributed by atoms with Crippen molar-refractivity contribution in [1.29, 1.82) is 0 Å². The van der Waals surface area contributed by atoms with Crippen LogP contribution in [0, 0.1) is 13.8 Å². The summed E-state index contributed by atoms with van der Waals surface area (Å²) in [7, 11) is -3.63. The van der Waals surface area contributed by atoms with E-state index in [9.17, 15) is 13.2 Å². The molecule has 2 aromatic rings. The van der Waals surface area contributed by atoms with Gasteiger partial charge < -0.3 is 14.8 Å². The van der Waals surface area contributed by atoms with Gasteiger partial charge in [0.05, 0.1) is 4.90 Å². The second kappa shape index (κ2) is 8.62. The molecule has 0 atom stereocenters. The number of amides is 1. The van der Waals surface area contributed by atoms with E-state index in [0.29, 0.717) is 31.3 Å². The third-order valence-electron chi connectivity index (χ3n) is 4.53. The molecule has 2 N–H and O–H groups in total. The van der Waals surface area contributed by atoms with E-state index in [1.165, 1.54) is 0 Å². The van der Waals surface area contributed by atoms with Gasteiger partial charge in [-0.2, -0.15) is 0 Å². The highest BCUT2D eigenvalue weighted by Crippen LogP contribution is 2.30. The quantitative estimate of drug-likeness (QED) is 0.737. The fourth-order valence-electron chi connectivity index (χ4n) is 2.75. The van der Waals surface area contributed by atoms with E-state index >= 15 is 0 Å². The standard InChI is InChI=1S/C20H24N2O5S/c1-14-3-5-17(11-15(14)2)28(24,25)22-8-7-20(23)21-13-16-4-6-18-19(12-16)27-10-9-26-18/h3-6,11-12,22H,7-10,13H2,1-2H3,(H,21,23). The Bertz CT molecular complexity index is 973. The molecule has 1 amide bonds. The number of hydrogen-bond donors (Lipinski definition) is 2. The molecule has 2 aromatic carbocycles. The predicted molar refractivity (Wildman–Crippen MR) is 105 cm³/mol. The number of benzene rings is 2. The molecule has 1 heterocycles. The Hall–Kier alpha value is -2.58. The number of aryl methyl sites for hydroxylation is 2. The molecule has 0 bridgehead atoms. The van der Waals surface area contributed by atoms with Crippen LogP contribution in [-0.2, 0) is 21.4 Å². The van der Waals surface area contributed by atoms with Crippen LogP contribution in [-0.4, -0.2) is 34.1 Å². The summed E-state index contributed by atoms with van der Waals surface area (Å²) in [5.74, 6) is 1.12. The number of carbonyl (C=O) groups excluding carboxylic acids is 1. The van der Waals surface area contributed by atoms with Crippen LogP contribution in [0.3, 0.4) is 0 Å². The Morgan fingerprint density at radius 1 is 1.00 bits per heavy atom. The first-order valence-corrected chi connectivity index (χ1v) is 10.6. The summed E-state index contributed by atoms with van der Waals surface area (Å²) < 4.78 is 38.1. The van der Waals surface area contributed by atoms with Crippen molar-refractivity contribution >= 4 is 15.9 Å². The molecule has 1 aliphatic rings. The van der Waals surface area contributed by atoms with Gasteiger partial charge in [0.25, 0.3) is 0 Å². The lowest BCUT2D eigenvalue weighted by molar-refractivity contribution is -0.121. The van der Waals surface area contributed by atoms with E-state index in [1.54, 1.807) is 18.2 Å². The van der Waals surface area contributed by atoms with Gasteiger partial charge in [0.2, 0.25) is 15.9 Å². The highest BCUT2D eigenvalue weighted by Gasteiger charge is 2.15. The summed E-state index contributed by atoms with van der Waals surface area (Å²) in [6.07, 6.45) is 0.0502. The number of ether oxygens (including phenoxy) is 2. The van der Waals surface area contributed by atoms with Crippen LogP contribution in [0.1, 0.15) is 23.1 Å². The maximum Gasteiger partial charge on any atom is 0.240 e. The first-order chi connectivity index (χ1) is 13.3. The summed E-state index contributed by atoms with van der Waals surface area (Å²) >= 11 is 0. The average molecular weight is 404 g/mol. The van der Waals surface area contributed by atoms with Gasteiger partial charge in [0, 0.05) is 19.5 Å². The molecule has 0 fully saturated rings. The van der Waals surface area contributed by atoms with Crippen molar-refractivity contribution < 1.29 is 22.7 Å². The summed E-state index contributed by atoms with van der Waals surface area (Å²) in [5, 5.41) is 2.78. The second-order valence-corrected chi connectivity index (χ2v) is 8.42. The summed E-state index contributed by atoms with van der Waals surface area (Å²) in [6, 6.07) is 10.5. The van der Waals surface area contributed by atoms with Crippen LogP contribution in [0.5, 0.6) is 11.5 Å². The molecule has 0 aromatic heterocycles. The summed E-state index contributed by atoms with van der Waals surface area (Å²) in [5.41, 5.74) is 2.81. The zero-order valence-electron chi connectivity index (χ0n) is 15.9. The van der Waals surface area contributed by atoms with Gasteiger partial charge in [-0.15, -0.1) is 0 Å². The number of sulfonamides is 1. The third-order valence-corrected chi connectivity index (χ3v) is 5.99. The molecule has 150 valence electrons. The molecule has 0 aliphatic carbocycles. The van der Waals surface area contributed by atoms with Crippen molar-refractivity contribution in [3.63, 3.8) is 0 Å². The van der Waals surface area contributed by atoms with E-state index < -0.39 is 10.0 Å². The first-order valence-electron chi connectivity index (χ1n) is 9.07. The molecule has 0 saturated carbocycles. The molecule has 8 heteroatoms. The smallest absolute Gasteiger partial charge is 0.240 e. The Morgan fingerprint density at radius 2 is 1.75 bits per heavy atom. The van der Waals surface area contributed by atoms with Crippen LogP contribution in [0.2, 0.25) is 0 Å². The molecule has 0 spiro atoms. The lowest BCUT2D eigenvalue weighted by Gasteiger charge is -2.19. The normalized spacial score (nSPS) is 13.2. The SMILES string of the molecule is Cc1ccc(S(=O)(=O)NCCC(=O)NCc2ccc3c(c2)OCCO3)cc1C. The van der Waals surface area contributed by atoms with Crippen LogP contribution in [0.25, 0.3) is 0 Å². The Kier molecular flexibility index (Phi) is 6.21. The van der Waals surface area contributed by atoms with Gasteiger partial charge in [-0.3, -0.25) is 4.79 Å². The van der Waals surface area contributed by atoms with Gasteiger partial charge in [0.15, 0.2) is 11.5 Å². The Morgan fingerprint density at radius 3 is 2.50 bits per heavy atom. The number of fused-ring (bicyclic) bond motifs is 1. The number of nitrogens with one attached hydrogen (secondary N) is 2. The van der Waals surface area contributed by atoms with Crippen LogP contribution in [0.4, 0.5) is 0 Å². The zero-order valence-corrected chi connectivity index (χ0v) is 16.8. The van der Waals surface area contributed by atoms with Crippen LogP contribution in [0.15, 0.2) is 41.3 Å². The minimum atomic E-state index is -3.63. The Balaban J connectivity index is 1.47. The lowest BCUT2D eigenvalue weighted by Crippen LogP contribution is -2.30. The number of hydrogen-bond acceptors (Lipinski definition) is 5. The van der Waals surface area contributed by atoms with E-state index in [-0.39, 0.29) is 23.8 Å². The molecule has 0 saturated heterocycles. The molecular formula is C20H24N2O5S. The fraction of sp³-hybridized carbons (Fsp3) is 0.350. The van der Waals surface area contributed by atoms with Gasteiger partial charge >= 0.3 is 0 Å². The zero-order chi connectivity index (χ0) is 20.1. The average Bonchev–Trinajstić information content (AvgIpc) is 2.68. The van der Waals surface area contributed by atoms with Gasteiger partial charge in [-0.05, 0) is 54.8 Å². The van der Waals surface area contributed by atoms with E-state index in [2.05, 4.69) is 10.0 Å².